The van der Waals surface area contributed by atoms with Crippen LogP contribution in [0.1, 0.15) is 13.3 Å². The third kappa shape index (κ3) is 5.06. The molecule has 1 atom stereocenters. The van der Waals surface area contributed by atoms with Crippen molar-refractivity contribution in [1.29, 1.82) is 0 Å². The van der Waals surface area contributed by atoms with E-state index in [0.717, 1.165) is 22.2 Å². The Morgan fingerprint density at radius 1 is 1.21 bits per heavy atom. The molecule has 3 aromatic rings. The monoisotopic (exact) mass is 419 g/mol. The van der Waals surface area contributed by atoms with Crippen LogP contribution < -0.4 is 14.8 Å². The lowest BCUT2D eigenvalue weighted by molar-refractivity contribution is -0.122. The second-order valence-electron chi connectivity index (χ2n) is 6.10. The smallest absolute Gasteiger partial charge is 0.250 e. The number of pyridine rings is 1. The highest BCUT2D eigenvalue weighted by atomic mass is 32.2. The van der Waals surface area contributed by atoms with Crippen molar-refractivity contribution >= 4 is 38.2 Å². The van der Waals surface area contributed by atoms with E-state index in [1.165, 1.54) is 13.0 Å². The first kappa shape index (κ1) is 20.2. The number of ether oxygens (including phenoxy) is 1. The van der Waals surface area contributed by atoms with Gasteiger partial charge in [-0.25, -0.2) is 8.42 Å². The van der Waals surface area contributed by atoms with E-state index >= 15 is 0 Å². The van der Waals surface area contributed by atoms with Crippen molar-refractivity contribution in [2.75, 3.05) is 13.2 Å². The van der Waals surface area contributed by atoms with Crippen LogP contribution >= 0.6 is 11.3 Å². The number of amides is 1. The number of para-hydroxylation sites is 1. The summed E-state index contributed by atoms with van der Waals surface area (Å²) in [4.78, 5) is 16.4. The van der Waals surface area contributed by atoms with Gasteiger partial charge in [0.2, 0.25) is 5.91 Å². The van der Waals surface area contributed by atoms with Crippen LogP contribution in [0.5, 0.6) is 5.75 Å². The predicted molar refractivity (Wildman–Crippen MR) is 109 cm³/mol. The summed E-state index contributed by atoms with van der Waals surface area (Å²) >= 11 is 1.10. The van der Waals surface area contributed by atoms with Crippen LogP contribution in [0, 0.1) is 0 Å². The van der Waals surface area contributed by atoms with Crippen molar-refractivity contribution in [3.8, 4) is 5.75 Å². The van der Waals surface area contributed by atoms with Crippen molar-refractivity contribution in [1.82, 2.24) is 15.0 Å². The van der Waals surface area contributed by atoms with E-state index < -0.39 is 16.1 Å². The molecule has 1 unspecified atom stereocenters. The Kier molecular flexibility index (Phi) is 6.61. The molecule has 9 heteroatoms. The van der Waals surface area contributed by atoms with Crippen molar-refractivity contribution in [3.63, 3.8) is 0 Å². The molecule has 28 heavy (non-hydrogen) atoms. The number of rotatable bonds is 9. The molecular weight excluding hydrogens is 398 g/mol. The van der Waals surface area contributed by atoms with E-state index in [9.17, 15) is 13.2 Å². The average Bonchev–Trinajstić information content (AvgIpc) is 3.23. The number of benzene rings is 1. The van der Waals surface area contributed by atoms with Crippen molar-refractivity contribution in [3.05, 3.63) is 54.0 Å². The highest BCUT2D eigenvalue weighted by Crippen LogP contribution is 2.22. The van der Waals surface area contributed by atoms with Crippen LogP contribution in [0.15, 0.2) is 58.3 Å². The first-order chi connectivity index (χ1) is 13.5. The van der Waals surface area contributed by atoms with Gasteiger partial charge in [-0.2, -0.15) is 4.72 Å². The van der Waals surface area contributed by atoms with Crippen LogP contribution in [0.3, 0.4) is 0 Å². The molecule has 2 heterocycles. The number of thiophene rings is 1. The molecule has 0 spiro atoms. The number of hydrogen-bond donors (Lipinski definition) is 2. The van der Waals surface area contributed by atoms with Gasteiger partial charge in [0.25, 0.3) is 10.0 Å². The molecule has 0 bridgehead atoms. The van der Waals surface area contributed by atoms with Gasteiger partial charge < -0.3 is 10.1 Å². The van der Waals surface area contributed by atoms with Gasteiger partial charge in [0, 0.05) is 18.1 Å². The van der Waals surface area contributed by atoms with Gasteiger partial charge >= 0.3 is 0 Å². The maximum atomic E-state index is 12.1. The summed E-state index contributed by atoms with van der Waals surface area (Å²) in [5.41, 5.74) is 0.797. The van der Waals surface area contributed by atoms with E-state index in [0.29, 0.717) is 25.3 Å². The van der Waals surface area contributed by atoms with Crippen molar-refractivity contribution in [2.24, 2.45) is 0 Å². The molecule has 3 rings (SSSR count). The third-order valence-electron chi connectivity index (χ3n) is 3.96. The molecule has 0 saturated heterocycles. The van der Waals surface area contributed by atoms with Gasteiger partial charge in [-0.15, -0.1) is 11.3 Å². The summed E-state index contributed by atoms with van der Waals surface area (Å²) in [6, 6.07) is 11.8. The molecule has 0 aliphatic carbocycles. The van der Waals surface area contributed by atoms with Gasteiger partial charge in [0.05, 0.1) is 12.6 Å². The Bertz CT molecular complexity index is 1030. The summed E-state index contributed by atoms with van der Waals surface area (Å²) < 4.78 is 32.6. The van der Waals surface area contributed by atoms with Crippen LogP contribution in [-0.2, 0) is 14.8 Å². The number of hydrogen-bond acceptors (Lipinski definition) is 6. The Morgan fingerprint density at radius 3 is 2.82 bits per heavy atom. The minimum absolute atomic E-state index is 0.184. The maximum Gasteiger partial charge on any atom is 0.250 e. The second kappa shape index (κ2) is 9.13. The summed E-state index contributed by atoms with van der Waals surface area (Å²) in [6.45, 7) is 2.30. The number of carbonyl (C=O) groups is 1. The highest BCUT2D eigenvalue weighted by molar-refractivity contribution is 7.91. The first-order valence-electron chi connectivity index (χ1n) is 8.77. The lowest BCUT2D eigenvalue weighted by Gasteiger charge is -2.14. The van der Waals surface area contributed by atoms with E-state index in [1.807, 2.05) is 30.3 Å². The van der Waals surface area contributed by atoms with Gasteiger partial charge in [0.1, 0.15) is 15.5 Å². The Morgan fingerprint density at radius 2 is 2.04 bits per heavy atom. The minimum atomic E-state index is -3.68. The van der Waals surface area contributed by atoms with Crippen LogP contribution in [0.4, 0.5) is 0 Å². The fourth-order valence-corrected chi connectivity index (χ4v) is 4.78. The molecule has 2 aromatic heterocycles. The molecule has 1 aromatic carbocycles. The molecular formula is C19H21N3O4S2. The fraction of sp³-hybridized carbons (Fsp3) is 0.263. The lowest BCUT2D eigenvalue weighted by atomic mass is 10.2. The van der Waals surface area contributed by atoms with E-state index in [4.69, 9.17) is 4.74 Å². The highest BCUT2D eigenvalue weighted by Gasteiger charge is 2.22. The normalized spacial score (nSPS) is 12.6. The average molecular weight is 420 g/mol. The predicted octanol–water partition coefficient (Wildman–Crippen LogP) is 2.55. The number of carbonyl (C=O) groups excluding carboxylic acids is 1. The van der Waals surface area contributed by atoms with Crippen LogP contribution in [0.2, 0.25) is 0 Å². The summed E-state index contributed by atoms with van der Waals surface area (Å²) in [6.07, 6.45) is 2.30. The molecule has 148 valence electrons. The van der Waals surface area contributed by atoms with Crippen molar-refractivity contribution < 1.29 is 17.9 Å². The Labute approximate surface area is 167 Å². The van der Waals surface area contributed by atoms with Gasteiger partial charge in [-0.05, 0) is 36.9 Å². The van der Waals surface area contributed by atoms with Gasteiger partial charge in [-0.1, -0.05) is 24.3 Å². The molecule has 0 aliphatic heterocycles. The number of aromatic nitrogens is 1. The zero-order chi connectivity index (χ0) is 20.0. The van der Waals surface area contributed by atoms with Crippen LogP contribution in [0.25, 0.3) is 10.9 Å². The Hall–Kier alpha value is -2.49. The minimum Gasteiger partial charge on any atom is -0.491 e. The number of nitrogens with zero attached hydrogens (tertiary/aromatic N) is 1. The van der Waals surface area contributed by atoms with E-state index in [2.05, 4.69) is 15.0 Å². The fourth-order valence-electron chi connectivity index (χ4n) is 2.57. The second-order valence-corrected chi connectivity index (χ2v) is 8.99. The van der Waals surface area contributed by atoms with Gasteiger partial charge in [0.15, 0.2) is 0 Å². The molecule has 0 aliphatic rings. The summed E-state index contributed by atoms with van der Waals surface area (Å²) in [7, 11) is -3.68. The van der Waals surface area contributed by atoms with Crippen LogP contribution in [-0.4, -0.2) is 38.5 Å². The lowest BCUT2D eigenvalue weighted by Crippen LogP contribution is -2.44. The standard InChI is InChI=1S/C19H21N3O4S2/c1-14(22-28(24,25)17-9-4-13-27-17)19(23)21-11-5-12-26-16-8-2-6-15-7-3-10-20-18(15)16/h2-4,6-10,13-14,22H,5,11-12H2,1H3,(H,21,23). The molecule has 0 saturated carbocycles. The van der Waals surface area contributed by atoms with Gasteiger partial charge in [-0.3, -0.25) is 9.78 Å². The number of fused-ring (bicyclic) bond motifs is 1. The Balaban J connectivity index is 1.43. The number of sulfonamides is 1. The number of nitrogens with one attached hydrogen (secondary N) is 2. The maximum absolute atomic E-state index is 12.1. The van der Waals surface area contributed by atoms with E-state index in [-0.39, 0.29) is 10.1 Å². The summed E-state index contributed by atoms with van der Waals surface area (Å²) in [5, 5.41) is 5.39. The zero-order valence-electron chi connectivity index (χ0n) is 15.3. The molecule has 7 nitrogen and oxygen atoms in total. The largest absolute Gasteiger partial charge is 0.491 e. The molecule has 1 amide bonds. The molecule has 2 N–H and O–H groups in total. The first-order valence-corrected chi connectivity index (χ1v) is 11.1. The topological polar surface area (TPSA) is 97.4 Å². The van der Waals surface area contributed by atoms with Crippen molar-refractivity contribution in [2.45, 2.75) is 23.6 Å². The molecule has 0 fully saturated rings. The third-order valence-corrected chi connectivity index (χ3v) is 6.90. The SMILES string of the molecule is CC(NS(=O)(=O)c1cccs1)C(=O)NCCCOc1cccc2cccnc12. The summed E-state index contributed by atoms with van der Waals surface area (Å²) in [5.74, 6) is 0.313. The van der Waals surface area contributed by atoms with E-state index in [1.54, 1.807) is 17.6 Å². The zero-order valence-corrected chi connectivity index (χ0v) is 16.9. The quantitative estimate of drug-likeness (QED) is 0.520. The molecule has 0 radical (unpaired) electrons.